The van der Waals surface area contributed by atoms with Crippen LogP contribution in [0.3, 0.4) is 0 Å². The van der Waals surface area contributed by atoms with Gasteiger partial charge in [-0.3, -0.25) is 0 Å². The number of unbranched alkanes of at least 4 members (excludes halogenated alkanes) is 3. The van der Waals surface area contributed by atoms with E-state index in [4.69, 9.17) is 0 Å². The van der Waals surface area contributed by atoms with Crippen LogP contribution in [-0.2, 0) is 0 Å². The fraction of sp³-hybridized carbons (Fsp3) is 1.00. The Balaban J connectivity index is -0.0000000177. The van der Waals surface area contributed by atoms with Gasteiger partial charge < -0.3 is 0 Å². The van der Waals surface area contributed by atoms with Crippen LogP contribution in [0.2, 0.25) is 0 Å². The van der Waals surface area contributed by atoms with E-state index in [0.717, 1.165) is 0 Å². The zero-order valence-corrected chi connectivity index (χ0v) is 20.2. The van der Waals surface area contributed by atoms with Crippen LogP contribution in [0, 0.1) is 0 Å². The molecule has 0 nitrogen and oxygen atoms in total. The molecule has 0 atom stereocenters. The van der Waals surface area contributed by atoms with E-state index in [-0.39, 0.29) is 0 Å². The van der Waals surface area contributed by atoms with Gasteiger partial charge in [-0.2, -0.15) is 0 Å². The normalized spacial score (nSPS) is 5.45. The fourth-order valence-electron chi connectivity index (χ4n) is 0.354. The summed E-state index contributed by atoms with van der Waals surface area (Å²) in [6.45, 7) is 33.0. The Labute approximate surface area is 149 Å². The molecule has 0 aliphatic heterocycles. The van der Waals surface area contributed by atoms with Gasteiger partial charge in [0, 0.05) is 0 Å². The molecule has 0 aromatic heterocycles. The van der Waals surface area contributed by atoms with E-state index >= 15 is 0 Å². The van der Waals surface area contributed by atoms with Crippen molar-refractivity contribution in [1.29, 1.82) is 0 Å². The van der Waals surface area contributed by atoms with E-state index in [9.17, 15) is 0 Å². The maximum absolute atomic E-state index is 2.21. The highest BCUT2D eigenvalue weighted by molar-refractivity contribution is 4.24. The van der Waals surface area contributed by atoms with Crippen LogP contribution in [0.4, 0.5) is 0 Å². The molecule has 22 heavy (non-hydrogen) atoms. The Hall–Kier alpha value is 0. The van der Waals surface area contributed by atoms with Crippen molar-refractivity contribution >= 4 is 0 Å². The predicted octanol–water partition coefficient (Wildman–Crippen LogP) is 10.6. The Morgan fingerprint density at radius 2 is 0.455 bits per heavy atom. The van der Waals surface area contributed by atoms with E-state index in [1.807, 2.05) is 69.2 Å². The maximum Gasteiger partial charge on any atom is -0.0538 e. The summed E-state index contributed by atoms with van der Waals surface area (Å²) >= 11 is 0. The third kappa shape index (κ3) is 802. The highest BCUT2D eigenvalue weighted by Gasteiger charge is 1.68. The summed E-state index contributed by atoms with van der Waals surface area (Å²) in [6, 6.07) is 0. The minimum Gasteiger partial charge on any atom is -0.0683 e. The lowest BCUT2D eigenvalue weighted by atomic mass is 10.3. The zero-order chi connectivity index (χ0) is 20.2. The van der Waals surface area contributed by atoms with Crippen molar-refractivity contribution in [3.63, 3.8) is 0 Å². The first-order chi connectivity index (χ1) is 10.7. The molecule has 0 heterocycles. The lowest BCUT2D eigenvalue weighted by Crippen LogP contribution is -1.59. The predicted molar refractivity (Wildman–Crippen MR) is 118 cm³/mol. The van der Waals surface area contributed by atoms with Gasteiger partial charge in [0.1, 0.15) is 0 Å². The van der Waals surface area contributed by atoms with Crippen molar-refractivity contribution in [3.05, 3.63) is 0 Å². The molecule has 0 heteroatoms. The molecule has 0 saturated heterocycles. The molecule has 0 aliphatic carbocycles. The van der Waals surface area contributed by atoms with Crippen LogP contribution in [0.1, 0.15) is 149 Å². The van der Waals surface area contributed by atoms with Crippen LogP contribution in [0.25, 0.3) is 0 Å². The Morgan fingerprint density at radius 1 is 0.318 bits per heavy atom. The summed E-state index contributed by atoms with van der Waals surface area (Å²) in [5.41, 5.74) is 0. The number of hydrogen-bond donors (Lipinski definition) is 0. The molecule has 148 valence electrons. The topological polar surface area (TPSA) is 0 Å². The average molecular weight is 325 g/mol. The van der Waals surface area contributed by atoms with E-state index < -0.39 is 0 Å². The third-order valence-electron chi connectivity index (χ3n) is 1.21. The molecular weight excluding hydrogens is 264 g/mol. The molecule has 0 aromatic rings. The van der Waals surface area contributed by atoms with Gasteiger partial charge in [0.2, 0.25) is 0 Å². The van der Waals surface area contributed by atoms with Crippen molar-refractivity contribution in [1.82, 2.24) is 0 Å². The van der Waals surface area contributed by atoms with Crippen LogP contribution in [-0.4, -0.2) is 0 Å². The van der Waals surface area contributed by atoms with Gasteiger partial charge in [-0.05, 0) is 0 Å². The first-order valence-corrected chi connectivity index (χ1v) is 10.7. The molecule has 0 rings (SSSR count). The molecule has 0 saturated carbocycles. The molecule has 0 amide bonds. The van der Waals surface area contributed by atoms with E-state index in [2.05, 4.69) is 41.5 Å². The smallest absolute Gasteiger partial charge is 0.0538 e. The summed E-state index contributed by atoms with van der Waals surface area (Å²) in [4.78, 5) is 0. The minimum absolute atomic E-state index is 1.25. The van der Waals surface area contributed by atoms with Gasteiger partial charge in [0.25, 0.3) is 0 Å². The van der Waals surface area contributed by atoms with Gasteiger partial charge in [-0.25, -0.2) is 0 Å². The molecule has 0 unspecified atom stereocenters. The van der Waals surface area contributed by atoms with E-state index in [1.165, 1.54) is 38.5 Å². The largest absolute Gasteiger partial charge is 0.0683 e. The Kier molecular flexibility index (Phi) is 525. The fourth-order valence-corrected chi connectivity index (χ4v) is 0.354. The summed E-state index contributed by atoms with van der Waals surface area (Å²) in [5.74, 6) is 0. The van der Waals surface area contributed by atoms with Gasteiger partial charge in [0.05, 0.1) is 0 Å². The molecule has 0 bridgehead atoms. The quantitative estimate of drug-likeness (QED) is 0.484. The van der Waals surface area contributed by atoms with Crippen LogP contribution in [0.15, 0.2) is 0 Å². The first kappa shape index (κ1) is 49.5. The van der Waals surface area contributed by atoms with Gasteiger partial charge in [-0.1, -0.05) is 149 Å². The highest BCUT2D eigenvalue weighted by atomic mass is 13.7. The van der Waals surface area contributed by atoms with Crippen LogP contribution >= 0.6 is 0 Å². The Bertz CT molecular complexity index is 27.0. The minimum atomic E-state index is 1.25. The first-order valence-electron chi connectivity index (χ1n) is 10.7. The van der Waals surface area contributed by atoms with Crippen LogP contribution in [0.5, 0.6) is 0 Å². The van der Waals surface area contributed by atoms with Gasteiger partial charge in [-0.15, -0.1) is 0 Å². The molecule has 0 aliphatic rings. The highest BCUT2D eigenvalue weighted by Crippen LogP contribution is 1.88. The van der Waals surface area contributed by atoms with Crippen molar-refractivity contribution in [3.8, 4) is 0 Å². The second-order valence-electron chi connectivity index (χ2n) is 3.06. The van der Waals surface area contributed by atoms with Crippen LogP contribution < -0.4 is 0 Å². The molecule has 0 N–H and O–H groups in total. The second-order valence-corrected chi connectivity index (χ2v) is 3.06. The SMILES string of the molecule is CC.CC.CC.CC.CC.CCC.CCCC.CCCCC. The maximum atomic E-state index is 2.21. The zero-order valence-electron chi connectivity index (χ0n) is 20.2. The van der Waals surface area contributed by atoms with Crippen molar-refractivity contribution in [2.45, 2.75) is 149 Å². The lowest BCUT2D eigenvalue weighted by Gasteiger charge is -1.79. The van der Waals surface area contributed by atoms with Crippen molar-refractivity contribution in [2.24, 2.45) is 0 Å². The molecule has 0 aromatic carbocycles. The number of rotatable bonds is 3. The average Bonchev–Trinajstić information content (AvgIpc) is 2.65. The molecular formula is C22H60. The third-order valence-corrected chi connectivity index (χ3v) is 1.21. The molecule has 0 fully saturated rings. The van der Waals surface area contributed by atoms with Crippen molar-refractivity contribution < 1.29 is 0 Å². The van der Waals surface area contributed by atoms with Gasteiger partial charge >= 0.3 is 0 Å². The summed E-state index contributed by atoms with van der Waals surface area (Å²) in [7, 11) is 0. The van der Waals surface area contributed by atoms with Crippen molar-refractivity contribution in [2.75, 3.05) is 0 Å². The molecule has 0 radical (unpaired) electrons. The monoisotopic (exact) mass is 324 g/mol. The standard InChI is InChI=1S/C5H12.C4H10.C3H8.5C2H6/c1-3-5-4-2;1-3-4-2;1-3-2;5*1-2/h3-5H2,1-2H3;3-4H2,1-2H3;3H2,1-2H3;5*1-2H3. The molecule has 0 spiro atoms. The summed E-state index contributed by atoms with van der Waals surface area (Å²) in [6.07, 6.45) is 7.97. The Morgan fingerprint density at radius 3 is 0.455 bits per heavy atom. The van der Waals surface area contributed by atoms with E-state index in [0.29, 0.717) is 0 Å². The van der Waals surface area contributed by atoms with E-state index in [1.54, 1.807) is 0 Å². The number of hydrogen-bond acceptors (Lipinski definition) is 0. The van der Waals surface area contributed by atoms with Gasteiger partial charge in [0.15, 0.2) is 0 Å². The summed E-state index contributed by atoms with van der Waals surface area (Å²) in [5, 5.41) is 0. The second kappa shape index (κ2) is 233. The summed E-state index contributed by atoms with van der Waals surface area (Å²) < 4.78 is 0. The lowest BCUT2D eigenvalue weighted by molar-refractivity contribution is 0.772.